The molecule has 0 aromatic heterocycles. The summed E-state index contributed by atoms with van der Waals surface area (Å²) in [5.74, 6) is -4.84. The average molecular weight is 352 g/mol. The molecular formula is C12H5F4I. The molecule has 0 bridgehead atoms. The molecule has 0 heterocycles. The van der Waals surface area contributed by atoms with Gasteiger partial charge in [-0.1, -0.05) is 6.07 Å². The van der Waals surface area contributed by atoms with Gasteiger partial charge in [-0.25, -0.2) is 17.6 Å². The lowest BCUT2D eigenvalue weighted by molar-refractivity contribution is 0.447. The molecule has 0 saturated heterocycles. The molecule has 0 unspecified atom stereocenters. The van der Waals surface area contributed by atoms with E-state index in [9.17, 15) is 17.6 Å². The van der Waals surface area contributed by atoms with Crippen molar-refractivity contribution in [3.8, 4) is 11.1 Å². The Hall–Kier alpha value is -1.11. The number of halogens is 5. The SMILES string of the molecule is Fc1cc(I)ccc1-c1cc(F)c(F)c(F)c1. The molecule has 0 spiro atoms. The Balaban J connectivity index is 2.61. The van der Waals surface area contributed by atoms with Crippen molar-refractivity contribution in [2.45, 2.75) is 0 Å². The van der Waals surface area contributed by atoms with Gasteiger partial charge in [-0.2, -0.15) is 0 Å². The normalized spacial score (nSPS) is 10.6. The van der Waals surface area contributed by atoms with Crippen LogP contribution >= 0.6 is 22.6 Å². The van der Waals surface area contributed by atoms with E-state index in [4.69, 9.17) is 0 Å². The van der Waals surface area contributed by atoms with Crippen LogP contribution in [-0.2, 0) is 0 Å². The third-order valence-corrected chi connectivity index (χ3v) is 2.90. The molecule has 0 radical (unpaired) electrons. The van der Waals surface area contributed by atoms with E-state index in [1.54, 1.807) is 6.07 Å². The number of benzene rings is 2. The Labute approximate surface area is 108 Å². The molecule has 0 nitrogen and oxygen atoms in total. The summed E-state index contributed by atoms with van der Waals surface area (Å²) >= 11 is 1.91. The van der Waals surface area contributed by atoms with Gasteiger partial charge < -0.3 is 0 Å². The Kier molecular flexibility index (Phi) is 3.37. The minimum absolute atomic E-state index is 0.0308. The molecule has 0 saturated carbocycles. The van der Waals surface area contributed by atoms with Crippen molar-refractivity contribution in [1.29, 1.82) is 0 Å². The van der Waals surface area contributed by atoms with Crippen molar-refractivity contribution in [3.05, 3.63) is 57.2 Å². The fraction of sp³-hybridized carbons (Fsp3) is 0. The van der Waals surface area contributed by atoms with E-state index in [1.807, 2.05) is 22.6 Å². The summed E-state index contributed by atoms with van der Waals surface area (Å²) in [5, 5.41) is 0. The van der Waals surface area contributed by atoms with Crippen LogP contribution in [0.25, 0.3) is 11.1 Å². The van der Waals surface area contributed by atoms with Gasteiger partial charge in [0.25, 0.3) is 0 Å². The zero-order valence-electron chi connectivity index (χ0n) is 8.28. The monoisotopic (exact) mass is 352 g/mol. The van der Waals surface area contributed by atoms with Gasteiger partial charge >= 0.3 is 0 Å². The highest BCUT2D eigenvalue weighted by molar-refractivity contribution is 14.1. The molecule has 2 aromatic carbocycles. The van der Waals surface area contributed by atoms with E-state index < -0.39 is 23.3 Å². The predicted octanol–water partition coefficient (Wildman–Crippen LogP) is 4.51. The minimum Gasteiger partial charge on any atom is -0.206 e. The standard InChI is InChI=1S/C12H5F4I/c13-9-5-7(17)1-2-8(9)6-3-10(14)12(16)11(15)4-6/h1-5H. The zero-order valence-corrected chi connectivity index (χ0v) is 10.4. The maximum absolute atomic E-state index is 13.6. The van der Waals surface area contributed by atoms with E-state index in [1.165, 1.54) is 12.1 Å². The van der Waals surface area contributed by atoms with Gasteiger partial charge in [-0.3, -0.25) is 0 Å². The highest BCUT2D eigenvalue weighted by Crippen LogP contribution is 2.27. The molecule has 0 aliphatic carbocycles. The van der Waals surface area contributed by atoms with Crippen molar-refractivity contribution in [2.75, 3.05) is 0 Å². The average Bonchev–Trinajstić information content (AvgIpc) is 2.25. The summed E-state index contributed by atoms with van der Waals surface area (Å²) in [6.45, 7) is 0. The van der Waals surface area contributed by atoms with E-state index >= 15 is 0 Å². The summed E-state index contributed by atoms with van der Waals surface area (Å²) in [7, 11) is 0. The largest absolute Gasteiger partial charge is 0.206 e. The molecule has 0 aliphatic heterocycles. The van der Waals surface area contributed by atoms with Crippen LogP contribution in [0.2, 0.25) is 0 Å². The highest BCUT2D eigenvalue weighted by Gasteiger charge is 2.13. The van der Waals surface area contributed by atoms with Crippen LogP contribution in [0, 0.1) is 26.8 Å². The summed E-state index contributed by atoms with van der Waals surface area (Å²) in [4.78, 5) is 0. The van der Waals surface area contributed by atoms with E-state index in [-0.39, 0.29) is 11.1 Å². The highest BCUT2D eigenvalue weighted by atomic mass is 127. The molecular weight excluding hydrogens is 347 g/mol. The Morgan fingerprint density at radius 1 is 0.765 bits per heavy atom. The first-order valence-corrected chi connectivity index (χ1v) is 5.67. The summed E-state index contributed by atoms with van der Waals surface area (Å²) in [5.41, 5.74) is -0.00137. The van der Waals surface area contributed by atoms with Crippen molar-refractivity contribution in [3.63, 3.8) is 0 Å². The summed E-state index contributed by atoms with van der Waals surface area (Å²) in [6.07, 6.45) is 0. The first-order valence-electron chi connectivity index (χ1n) is 4.59. The lowest BCUT2D eigenvalue weighted by atomic mass is 10.0. The lowest BCUT2D eigenvalue weighted by Gasteiger charge is -2.05. The topological polar surface area (TPSA) is 0 Å². The Bertz CT molecular complexity index is 558. The number of hydrogen-bond donors (Lipinski definition) is 0. The molecule has 88 valence electrons. The first kappa shape index (κ1) is 12.3. The predicted molar refractivity (Wildman–Crippen MR) is 64.4 cm³/mol. The van der Waals surface area contributed by atoms with Crippen LogP contribution < -0.4 is 0 Å². The molecule has 2 aromatic rings. The van der Waals surface area contributed by atoms with Crippen molar-refractivity contribution in [2.24, 2.45) is 0 Å². The van der Waals surface area contributed by atoms with Crippen LogP contribution in [0.15, 0.2) is 30.3 Å². The maximum Gasteiger partial charge on any atom is 0.194 e. The van der Waals surface area contributed by atoms with Crippen LogP contribution in [0.4, 0.5) is 17.6 Å². The van der Waals surface area contributed by atoms with Gasteiger partial charge in [0.2, 0.25) is 0 Å². The third kappa shape index (κ3) is 2.43. The molecule has 0 amide bonds. The Morgan fingerprint density at radius 2 is 1.35 bits per heavy atom. The Morgan fingerprint density at radius 3 is 1.88 bits per heavy atom. The van der Waals surface area contributed by atoms with Crippen molar-refractivity contribution < 1.29 is 17.6 Å². The lowest BCUT2D eigenvalue weighted by Crippen LogP contribution is -1.93. The van der Waals surface area contributed by atoms with Crippen molar-refractivity contribution in [1.82, 2.24) is 0 Å². The van der Waals surface area contributed by atoms with Crippen molar-refractivity contribution >= 4 is 22.6 Å². The fourth-order valence-electron chi connectivity index (χ4n) is 1.43. The zero-order chi connectivity index (χ0) is 12.6. The third-order valence-electron chi connectivity index (χ3n) is 2.23. The van der Waals surface area contributed by atoms with Crippen LogP contribution in [0.3, 0.4) is 0 Å². The van der Waals surface area contributed by atoms with Gasteiger partial charge in [-0.05, 0) is 52.4 Å². The van der Waals surface area contributed by atoms with Crippen LogP contribution in [0.1, 0.15) is 0 Å². The minimum atomic E-state index is -1.56. The second kappa shape index (κ2) is 4.64. The van der Waals surface area contributed by atoms with E-state index in [0.29, 0.717) is 3.57 Å². The second-order valence-electron chi connectivity index (χ2n) is 3.38. The maximum atomic E-state index is 13.6. The fourth-order valence-corrected chi connectivity index (χ4v) is 1.89. The molecule has 0 fully saturated rings. The van der Waals surface area contributed by atoms with Gasteiger partial charge in [-0.15, -0.1) is 0 Å². The van der Waals surface area contributed by atoms with Gasteiger partial charge in [0.1, 0.15) is 5.82 Å². The molecule has 2 rings (SSSR count). The molecule has 17 heavy (non-hydrogen) atoms. The smallest absolute Gasteiger partial charge is 0.194 e. The summed E-state index contributed by atoms with van der Waals surface area (Å²) in [6, 6.07) is 5.75. The summed E-state index contributed by atoms with van der Waals surface area (Å²) < 4.78 is 53.0. The molecule has 0 N–H and O–H groups in total. The number of hydrogen-bond acceptors (Lipinski definition) is 0. The van der Waals surface area contributed by atoms with E-state index in [0.717, 1.165) is 12.1 Å². The first-order chi connectivity index (χ1) is 7.99. The van der Waals surface area contributed by atoms with E-state index in [2.05, 4.69) is 0 Å². The quantitative estimate of drug-likeness (QED) is 0.402. The number of rotatable bonds is 1. The van der Waals surface area contributed by atoms with Gasteiger partial charge in [0.15, 0.2) is 17.5 Å². The van der Waals surface area contributed by atoms with Gasteiger partial charge in [0, 0.05) is 9.13 Å². The van der Waals surface area contributed by atoms with Crippen LogP contribution in [0.5, 0.6) is 0 Å². The van der Waals surface area contributed by atoms with Crippen LogP contribution in [-0.4, -0.2) is 0 Å². The molecule has 0 aliphatic rings. The molecule has 0 atom stereocenters. The molecule has 5 heteroatoms. The van der Waals surface area contributed by atoms with Gasteiger partial charge in [0.05, 0.1) is 0 Å². The second-order valence-corrected chi connectivity index (χ2v) is 4.62.